The molecule has 1 saturated heterocycles. The molecule has 5 rings (SSSR count). The van der Waals surface area contributed by atoms with Crippen LogP contribution in [-0.4, -0.2) is 33.6 Å². The first kappa shape index (κ1) is 20.5. The van der Waals surface area contributed by atoms with Gasteiger partial charge in [0.05, 0.1) is 11.6 Å². The zero-order chi connectivity index (χ0) is 21.4. The third kappa shape index (κ3) is 4.06. The van der Waals surface area contributed by atoms with Crippen LogP contribution in [0.4, 0.5) is 5.13 Å². The molecular formula is C22H24ClN5O2S. The van der Waals surface area contributed by atoms with Gasteiger partial charge in [-0.1, -0.05) is 41.1 Å². The van der Waals surface area contributed by atoms with Gasteiger partial charge in [0, 0.05) is 30.2 Å². The fourth-order valence-electron chi connectivity index (χ4n) is 4.42. The number of hydrogen-bond donors (Lipinski definition) is 1. The Labute approximate surface area is 189 Å². The number of aryl methyl sites for hydroxylation is 1. The van der Waals surface area contributed by atoms with Gasteiger partial charge in [0.25, 0.3) is 5.56 Å². The Kier molecular flexibility index (Phi) is 5.67. The molecule has 0 spiro atoms. The topological polar surface area (TPSA) is 79.6 Å². The molecule has 2 aromatic heterocycles. The number of carbonyl (C=O) groups is 1. The molecule has 7 nitrogen and oxygen atoms in total. The number of carbonyl (C=O) groups excluding carboxylic acids is 1. The van der Waals surface area contributed by atoms with Crippen molar-refractivity contribution in [3.63, 3.8) is 0 Å². The van der Waals surface area contributed by atoms with Gasteiger partial charge >= 0.3 is 0 Å². The van der Waals surface area contributed by atoms with Gasteiger partial charge in [-0.25, -0.2) is 4.98 Å². The first-order valence-electron chi connectivity index (χ1n) is 10.8. The summed E-state index contributed by atoms with van der Waals surface area (Å²) < 4.78 is 1.45. The average Bonchev–Trinajstić information content (AvgIpc) is 3.23. The monoisotopic (exact) mass is 457 g/mol. The Morgan fingerprint density at radius 1 is 1.23 bits per heavy atom. The molecule has 2 aliphatic rings. The molecule has 1 N–H and O–H groups in total. The van der Waals surface area contributed by atoms with Crippen LogP contribution in [0.25, 0.3) is 4.96 Å². The molecule has 31 heavy (non-hydrogen) atoms. The van der Waals surface area contributed by atoms with Gasteiger partial charge in [-0.05, 0) is 50.2 Å². The molecule has 1 atom stereocenters. The minimum atomic E-state index is -0.124. The minimum Gasteiger partial charge on any atom is -0.352 e. The Balaban J connectivity index is 1.31. The van der Waals surface area contributed by atoms with Crippen LogP contribution in [0.1, 0.15) is 42.5 Å². The van der Waals surface area contributed by atoms with Crippen LogP contribution in [0.5, 0.6) is 0 Å². The zero-order valence-corrected chi connectivity index (χ0v) is 18.7. The van der Waals surface area contributed by atoms with Crippen LogP contribution < -0.4 is 15.8 Å². The smallest absolute Gasteiger partial charge is 0.278 e. The van der Waals surface area contributed by atoms with Crippen LogP contribution in [-0.2, 0) is 24.2 Å². The average molecular weight is 458 g/mol. The molecule has 162 valence electrons. The number of nitrogens with one attached hydrogen (secondary N) is 1. The third-order valence-electron chi connectivity index (χ3n) is 6.14. The van der Waals surface area contributed by atoms with Crippen LogP contribution >= 0.6 is 22.9 Å². The minimum absolute atomic E-state index is 0.0245. The van der Waals surface area contributed by atoms with E-state index in [9.17, 15) is 9.59 Å². The molecular weight excluding hydrogens is 434 g/mol. The van der Waals surface area contributed by atoms with E-state index in [-0.39, 0.29) is 17.4 Å². The largest absolute Gasteiger partial charge is 0.352 e. The molecule has 0 unspecified atom stereocenters. The number of amides is 1. The van der Waals surface area contributed by atoms with Crippen molar-refractivity contribution < 1.29 is 4.79 Å². The number of rotatable bonds is 4. The summed E-state index contributed by atoms with van der Waals surface area (Å²) >= 11 is 7.63. The molecule has 9 heteroatoms. The highest BCUT2D eigenvalue weighted by molar-refractivity contribution is 7.20. The quantitative estimate of drug-likeness (QED) is 0.650. The first-order valence-corrected chi connectivity index (χ1v) is 12.0. The number of benzene rings is 1. The van der Waals surface area contributed by atoms with Crippen LogP contribution in [0.3, 0.4) is 0 Å². The van der Waals surface area contributed by atoms with Gasteiger partial charge in [-0.15, -0.1) is 5.10 Å². The van der Waals surface area contributed by atoms with Crippen LogP contribution in [0.2, 0.25) is 5.02 Å². The number of piperidine rings is 1. The SMILES string of the molecule is O=C(NCc1ccccc1Cl)[C@H]1CCCN(c2nn3c(=O)c4c(nc3s2)CCCC4)C1. The van der Waals surface area contributed by atoms with E-state index < -0.39 is 0 Å². The molecule has 0 radical (unpaired) electrons. The van der Waals surface area contributed by atoms with Gasteiger partial charge in [-0.2, -0.15) is 4.52 Å². The summed E-state index contributed by atoms with van der Waals surface area (Å²) in [5.41, 5.74) is 2.62. The maximum atomic E-state index is 12.9. The fraction of sp³-hybridized carbons (Fsp3) is 0.455. The lowest BCUT2D eigenvalue weighted by atomic mass is 9.97. The molecule has 3 aromatic rings. The van der Waals surface area contributed by atoms with Crippen LogP contribution in [0, 0.1) is 5.92 Å². The van der Waals surface area contributed by atoms with Crippen molar-refractivity contribution in [1.29, 1.82) is 0 Å². The summed E-state index contributed by atoms with van der Waals surface area (Å²) in [4.78, 5) is 33.1. The van der Waals surface area contributed by atoms with E-state index >= 15 is 0 Å². The number of fused-ring (bicyclic) bond motifs is 2. The zero-order valence-electron chi connectivity index (χ0n) is 17.1. The second-order valence-electron chi connectivity index (χ2n) is 8.22. The number of hydrogen-bond acceptors (Lipinski definition) is 6. The van der Waals surface area contributed by atoms with Crippen LogP contribution in [0.15, 0.2) is 29.1 Å². The summed E-state index contributed by atoms with van der Waals surface area (Å²) in [6.07, 6.45) is 5.50. The summed E-state index contributed by atoms with van der Waals surface area (Å²) in [6.45, 7) is 1.83. The van der Waals surface area contributed by atoms with E-state index in [1.807, 2.05) is 24.3 Å². The van der Waals surface area contributed by atoms with Gasteiger partial charge in [0.15, 0.2) is 0 Å². The highest BCUT2D eigenvalue weighted by Gasteiger charge is 2.28. The molecule has 0 bridgehead atoms. The number of halogens is 1. The maximum Gasteiger partial charge on any atom is 0.278 e. The van der Waals surface area contributed by atoms with Gasteiger partial charge in [-0.3, -0.25) is 9.59 Å². The normalized spacial score (nSPS) is 18.7. The van der Waals surface area contributed by atoms with E-state index in [2.05, 4.69) is 15.3 Å². The van der Waals surface area contributed by atoms with Crippen molar-refractivity contribution in [3.05, 3.63) is 56.5 Å². The van der Waals surface area contributed by atoms with Crippen molar-refractivity contribution in [2.24, 2.45) is 5.92 Å². The fourth-order valence-corrected chi connectivity index (χ4v) is 5.57. The van der Waals surface area contributed by atoms with Crippen molar-refractivity contribution in [3.8, 4) is 0 Å². The van der Waals surface area contributed by atoms with E-state index in [0.29, 0.717) is 23.1 Å². The van der Waals surface area contributed by atoms with Crippen molar-refractivity contribution in [2.45, 2.75) is 45.1 Å². The van der Waals surface area contributed by atoms with E-state index in [4.69, 9.17) is 16.6 Å². The highest BCUT2D eigenvalue weighted by Crippen LogP contribution is 2.28. The Morgan fingerprint density at radius 2 is 2.06 bits per heavy atom. The second-order valence-corrected chi connectivity index (χ2v) is 9.56. The molecule has 3 heterocycles. The van der Waals surface area contributed by atoms with Gasteiger partial charge < -0.3 is 10.2 Å². The molecule has 0 saturated carbocycles. The third-order valence-corrected chi connectivity index (χ3v) is 7.48. The molecule has 1 aliphatic heterocycles. The number of nitrogens with zero attached hydrogens (tertiary/aromatic N) is 4. The van der Waals surface area contributed by atoms with E-state index in [1.165, 1.54) is 15.9 Å². The Morgan fingerprint density at radius 3 is 2.94 bits per heavy atom. The predicted octanol–water partition coefficient (Wildman–Crippen LogP) is 3.22. The summed E-state index contributed by atoms with van der Waals surface area (Å²) in [5, 5.41) is 9.02. The Hall–Kier alpha value is -2.45. The summed E-state index contributed by atoms with van der Waals surface area (Å²) in [6, 6.07) is 7.53. The number of anilines is 1. The van der Waals surface area contributed by atoms with E-state index in [0.717, 1.165) is 67.0 Å². The first-order chi connectivity index (χ1) is 15.1. The molecule has 1 fully saturated rings. The lowest BCUT2D eigenvalue weighted by Crippen LogP contribution is -2.43. The standard InChI is InChI=1S/C22H24ClN5O2S/c23-17-9-3-1-6-14(17)12-24-19(29)15-7-5-11-27(13-15)22-26-28-20(30)16-8-2-4-10-18(16)25-21(28)31-22/h1,3,6,9,15H,2,4-5,7-8,10-13H2,(H,24,29)/t15-/m0/s1. The lowest BCUT2D eigenvalue weighted by molar-refractivity contribution is -0.125. The lowest BCUT2D eigenvalue weighted by Gasteiger charge is -2.31. The number of aromatic nitrogens is 3. The highest BCUT2D eigenvalue weighted by atomic mass is 35.5. The predicted molar refractivity (Wildman–Crippen MR) is 122 cm³/mol. The summed E-state index contributed by atoms with van der Waals surface area (Å²) in [5.74, 6) is -0.0994. The Bertz CT molecular complexity index is 1190. The van der Waals surface area contributed by atoms with Crippen molar-refractivity contribution in [2.75, 3.05) is 18.0 Å². The molecule has 1 amide bonds. The summed E-state index contributed by atoms with van der Waals surface area (Å²) in [7, 11) is 0. The van der Waals surface area contributed by atoms with Gasteiger partial charge in [0.2, 0.25) is 16.0 Å². The molecule has 1 aliphatic carbocycles. The van der Waals surface area contributed by atoms with Gasteiger partial charge in [0.1, 0.15) is 0 Å². The second kappa shape index (κ2) is 8.59. The van der Waals surface area contributed by atoms with Crippen molar-refractivity contribution >= 4 is 38.9 Å². The van der Waals surface area contributed by atoms with Crippen molar-refractivity contribution in [1.82, 2.24) is 19.9 Å². The maximum absolute atomic E-state index is 12.9. The molecule has 1 aromatic carbocycles. The van der Waals surface area contributed by atoms with E-state index in [1.54, 1.807) is 0 Å².